The lowest BCUT2D eigenvalue weighted by Gasteiger charge is -2.11. The standard InChI is InChI=1S/C7H6BrNO4/c8-4-3-5(10)9(7(4)13)2-1-6(11)12/h3H,1-2H2,(H,11,12). The number of carboxylic acid groups (broad SMARTS) is 1. The first-order valence-electron chi connectivity index (χ1n) is 3.47. The molecule has 1 N–H and O–H groups in total. The Bertz CT molecular complexity index is 310. The first-order chi connectivity index (χ1) is 6.02. The Balaban J connectivity index is 2.59. The van der Waals surface area contributed by atoms with Crippen molar-refractivity contribution in [3.8, 4) is 0 Å². The van der Waals surface area contributed by atoms with Crippen LogP contribution in [0.2, 0.25) is 0 Å². The number of hydrogen-bond donors (Lipinski definition) is 1. The van der Waals surface area contributed by atoms with Crippen molar-refractivity contribution in [1.29, 1.82) is 0 Å². The van der Waals surface area contributed by atoms with E-state index in [0.29, 0.717) is 0 Å². The van der Waals surface area contributed by atoms with Crippen molar-refractivity contribution in [2.75, 3.05) is 6.54 Å². The fraction of sp³-hybridized carbons (Fsp3) is 0.286. The van der Waals surface area contributed by atoms with Gasteiger partial charge in [0, 0.05) is 12.6 Å². The number of aliphatic carboxylic acids is 1. The second-order valence-electron chi connectivity index (χ2n) is 2.43. The maximum absolute atomic E-state index is 11.1. The predicted molar refractivity (Wildman–Crippen MR) is 46.0 cm³/mol. The average Bonchev–Trinajstić information content (AvgIpc) is 2.24. The number of rotatable bonds is 3. The number of carbonyl (C=O) groups excluding carboxylic acids is 2. The molecule has 1 rings (SSSR count). The Labute approximate surface area is 82.1 Å². The third-order valence-electron chi connectivity index (χ3n) is 1.51. The lowest BCUT2D eigenvalue weighted by atomic mass is 10.4. The van der Waals surface area contributed by atoms with Gasteiger partial charge in [0.05, 0.1) is 10.9 Å². The highest BCUT2D eigenvalue weighted by atomic mass is 79.9. The molecule has 1 aliphatic rings. The van der Waals surface area contributed by atoms with Crippen LogP contribution < -0.4 is 0 Å². The molecule has 70 valence electrons. The number of carbonyl (C=O) groups is 3. The van der Waals surface area contributed by atoms with Gasteiger partial charge in [0.25, 0.3) is 11.8 Å². The summed E-state index contributed by atoms with van der Waals surface area (Å²) in [6.07, 6.45) is 0.899. The maximum Gasteiger partial charge on any atom is 0.305 e. The van der Waals surface area contributed by atoms with Gasteiger partial charge in [0.15, 0.2) is 0 Å². The quantitative estimate of drug-likeness (QED) is 0.719. The minimum Gasteiger partial charge on any atom is -0.481 e. The number of halogens is 1. The topological polar surface area (TPSA) is 74.7 Å². The van der Waals surface area contributed by atoms with E-state index in [0.717, 1.165) is 11.0 Å². The van der Waals surface area contributed by atoms with Crippen molar-refractivity contribution in [3.63, 3.8) is 0 Å². The number of hydrogen-bond acceptors (Lipinski definition) is 3. The zero-order valence-electron chi connectivity index (χ0n) is 6.49. The number of carboxylic acids is 1. The number of amides is 2. The van der Waals surface area contributed by atoms with Gasteiger partial charge in [-0.25, -0.2) is 0 Å². The van der Waals surface area contributed by atoms with Crippen LogP contribution in [-0.4, -0.2) is 34.3 Å². The molecular formula is C7H6BrNO4. The largest absolute Gasteiger partial charge is 0.481 e. The molecule has 5 nitrogen and oxygen atoms in total. The molecule has 0 aromatic heterocycles. The van der Waals surface area contributed by atoms with E-state index in [2.05, 4.69) is 15.9 Å². The van der Waals surface area contributed by atoms with Crippen molar-refractivity contribution in [2.24, 2.45) is 0 Å². The van der Waals surface area contributed by atoms with Gasteiger partial charge in [-0.1, -0.05) is 0 Å². The van der Waals surface area contributed by atoms with Gasteiger partial charge < -0.3 is 5.11 Å². The van der Waals surface area contributed by atoms with E-state index in [1.54, 1.807) is 0 Å². The van der Waals surface area contributed by atoms with Gasteiger partial charge in [0.2, 0.25) is 0 Å². The smallest absolute Gasteiger partial charge is 0.305 e. The molecule has 0 fully saturated rings. The Morgan fingerprint density at radius 3 is 2.54 bits per heavy atom. The molecule has 0 bridgehead atoms. The van der Waals surface area contributed by atoms with Crippen LogP contribution in [0.1, 0.15) is 6.42 Å². The molecule has 0 radical (unpaired) electrons. The van der Waals surface area contributed by atoms with Crippen LogP contribution in [-0.2, 0) is 14.4 Å². The number of nitrogens with zero attached hydrogens (tertiary/aromatic N) is 1. The van der Waals surface area contributed by atoms with Crippen LogP contribution in [0.5, 0.6) is 0 Å². The first kappa shape index (κ1) is 9.91. The molecule has 0 spiro atoms. The zero-order chi connectivity index (χ0) is 10.0. The molecule has 0 saturated carbocycles. The van der Waals surface area contributed by atoms with Gasteiger partial charge >= 0.3 is 5.97 Å². The molecule has 0 unspecified atom stereocenters. The number of imide groups is 1. The molecule has 0 saturated heterocycles. The van der Waals surface area contributed by atoms with Crippen molar-refractivity contribution in [3.05, 3.63) is 10.6 Å². The second kappa shape index (κ2) is 3.69. The van der Waals surface area contributed by atoms with Crippen LogP contribution >= 0.6 is 15.9 Å². The Morgan fingerprint density at radius 1 is 1.54 bits per heavy atom. The van der Waals surface area contributed by atoms with E-state index in [4.69, 9.17) is 5.11 Å². The summed E-state index contributed by atoms with van der Waals surface area (Å²) in [5.74, 6) is -1.99. The molecule has 2 amide bonds. The van der Waals surface area contributed by atoms with Crippen LogP contribution in [0.25, 0.3) is 0 Å². The minimum absolute atomic E-state index is 0.0847. The van der Waals surface area contributed by atoms with E-state index in [9.17, 15) is 14.4 Å². The molecule has 1 aliphatic heterocycles. The Kier molecular flexibility index (Phi) is 2.82. The summed E-state index contributed by atoms with van der Waals surface area (Å²) in [6, 6.07) is 0. The minimum atomic E-state index is -1.04. The Hall–Kier alpha value is -1.17. The van der Waals surface area contributed by atoms with Crippen LogP contribution in [0.4, 0.5) is 0 Å². The highest BCUT2D eigenvalue weighted by molar-refractivity contribution is 9.12. The third-order valence-corrected chi connectivity index (χ3v) is 2.08. The molecular weight excluding hydrogens is 242 g/mol. The summed E-state index contributed by atoms with van der Waals surface area (Å²) in [6.45, 7) is -0.0847. The fourth-order valence-electron chi connectivity index (χ4n) is 0.896. The summed E-state index contributed by atoms with van der Waals surface area (Å²) < 4.78 is 0.169. The van der Waals surface area contributed by atoms with E-state index >= 15 is 0 Å². The third kappa shape index (κ3) is 2.15. The maximum atomic E-state index is 11.1. The normalized spacial score (nSPS) is 16.4. The lowest BCUT2D eigenvalue weighted by molar-refractivity contribution is -0.140. The molecule has 13 heavy (non-hydrogen) atoms. The van der Waals surface area contributed by atoms with E-state index in [-0.39, 0.29) is 17.4 Å². The van der Waals surface area contributed by atoms with Crippen molar-refractivity contribution >= 4 is 33.7 Å². The van der Waals surface area contributed by atoms with Crippen LogP contribution in [0.3, 0.4) is 0 Å². The van der Waals surface area contributed by atoms with Crippen molar-refractivity contribution in [1.82, 2.24) is 4.90 Å². The zero-order valence-corrected chi connectivity index (χ0v) is 8.07. The van der Waals surface area contributed by atoms with E-state index in [1.807, 2.05) is 0 Å². The summed E-state index contributed by atoms with van der Waals surface area (Å²) in [7, 11) is 0. The molecule has 1 heterocycles. The lowest BCUT2D eigenvalue weighted by Crippen LogP contribution is -2.32. The van der Waals surface area contributed by atoms with Gasteiger partial charge in [0.1, 0.15) is 0 Å². The van der Waals surface area contributed by atoms with E-state index in [1.165, 1.54) is 0 Å². The van der Waals surface area contributed by atoms with Crippen molar-refractivity contribution < 1.29 is 19.5 Å². The average molecular weight is 248 g/mol. The van der Waals surface area contributed by atoms with Gasteiger partial charge in [-0.15, -0.1) is 0 Å². The monoisotopic (exact) mass is 247 g/mol. The van der Waals surface area contributed by atoms with Crippen molar-refractivity contribution in [2.45, 2.75) is 6.42 Å². The first-order valence-corrected chi connectivity index (χ1v) is 4.26. The summed E-state index contributed by atoms with van der Waals surface area (Å²) in [5.41, 5.74) is 0. The Morgan fingerprint density at radius 2 is 2.15 bits per heavy atom. The molecule has 6 heteroatoms. The summed E-state index contributed by atoms with van der Waals surface area (Å²) in [5, 5.41) is 8.33. The van der Waals surface area contributed by atoms with Crippen LogP contribution in [0.15, 0.2) is 10.6 Å². The predicted octanol–water partition coefficient (Wildman–Crippen LogP) is 0.109. The second-order valence-corrected chi connectivity index (χ2v) is 3.29. The molecule has 0 atom stereocenters. The van der Waals surface area contributed by atoms with E-state index < -0.39 is 17.8 Å². The van der Waals surface area contributed by atoms with Crippen LogP contribution in [0, 0.1) is 0 Å². The summed E-state index contributed by atoms with van der Waals surface area (Å²) in [4.78, 5) is 33.2. The SMILES string of the molecule is O=C(O)CCN1C(=O)C=C(Br)C1=O. The molecule has 0 aliphatic carbocycles. The molecule has 0 aromatic carbocycles. The van der Waals surface area contributed by atoms with Gasteiger partial charge in [-0.2, -0.15) is 0 Å². The van der Waals surface area contributed by atoms with Gasteiger partial charge in [-0.3, -0.25) is 19.3 Å². The molecule has 0 aromatic rings. The van der Waals surface area contributed by atoms with Gasteiger partial charge in [-0.05, 0) is 15.9 Å². The fourth-order valence-corrected chi connectivity index (χ4v) is 1.31. The highest BCUT2D eigenvalue weighted by Gasteiger charge is 2.29. The summed E-state index contributed by atoms with van der Waals surface area (Å²) >= 11 is 2.89. The highest BCUT2D eigenvalue weighted by Crippen LogP contribution is 2.17.